The lowest BCUT2D eigenvalue weighted by molar-refractivity contribution is -0.634. The third-order valence-corrected chi connectivity index (χ3v) is 8.07. The van der Waals surface area contributed by atoms with E-state index >= 15 is 0 Å². The number of hydrogen-bond acceptors (Lipinski definition) is 1. The Balaban J connectivity index is 1.78. The lowest BCUT2D eigenvalue weighted by Gasteiger charge is -2.18. The van der Waals surface area contributed by atoms with Crippen molar-refractivity contribution in [2.24, 2.45) is 7.05 Å². The number of benzene rings is 3. The second kappa shape index (κ2) is 8.69. The van der Waals surface area contributed by atoms with E-state index in [-0.39, 0.29) is 0 Å². The zero-order chi connectivity index (χ0) is 26.0. The van der Waals surface area contributed by atoms with Gasteiger partial charge in [0.25, 0.3) is 5.82 Å². The third-order valence-electron chi connectivity index (χ3n) is 8.07. The van der Waals surface area contributed by atoms with E-state index in [0.29, 0.717) is 11.8 Å². The molecule has 37 heavy (non-hydrogen) atoms. The smallest absolute Gasteiger partial charge is 0.257 e. The summed E-state index contributed by atoms with van der Waals surface area (Å²) >= 11 is 0. The Bertz CT molecular complexity index is 1660. The number of imidazole rings is 1. The molecule has 186 valence electrons. The van der Waals surface area contributed by atoms with Crippen molar-refractivity contribution in [2.75, 3.05) is 0 Å². The molecule has 0 spiro atoms. The summed E-state index contributed by atoms with van der Waals surface area (Å²) in [6, 6.07) is 24.7. The van der Waals surface area contributed by atoms with Gasteiger partial charge in [0, 0.05) is 34.4 Å². The Kier molecular flexibility index (Phi) is 5.56. The van der Waals surface area contributed by atoms with Crippen LogP contribution in [-0.4, -0.2) is 9.55 Å². The van der Waals surface area contributed by atoms with Crippen molar-refractivity contribution in [3.63, 3.8) is 0 Å². The molecule has 2 aromatic heterocycles. The van der Waals surface area contributed by atoms with Crippen molar-refractivity contribution >= 4 is 11.0 Å². The van der Waals surface area contributed by atoms with Gasteiger partial charge in [-0.05, 0) is 61.1 Å². The van der Waals surface area contributed by atoms with Crippen LogP contribution in [0.2, 0.25) is 0 Å². The summed E-state index contributed by atoms with van der Waals surface area (Å²) in [4.78, 5) is 4.92. The number of para-hydroxylation sites is 1. The number of pyridine rings is 1. The van der Waals surface area contributed by atoms with Crippen LogP contribution in [0.5, 0.6) is 0 Å². The molecule has 2 heterocycles. The van der Waals surface area contributed by atoms with Gasteiger partial charge in [-0.25, -0.2) is 4.57 Å². The lowest BCUT2D eigenvalue weighted by atomic mass is 9.92. The zero-order valence-electron chi connectivity index (χ0n) is 23.1. The Morgan fingerprint density at radius 3 is 2.11 bits per heavy atom. The summed E-state index contributed by atoms with van der Waals surface area (Å²) in [6.07, 6.45) is 0.873. The van der Waals surface area contributed by atoms with Gasteiger partial charge < -0.3 is 0 Å². The second-order valence-corrected chi connectivity index (χ2v) is 11.2. The highest BCUT2D eigenvalue weighted by molar-refractivity contribution is 5.92. The fourth-order valence-corrected chi connectivity index (χ4v) is 6.26. The van der Waals surface area contributed by atoms with Crippen molar-refractivity contribution in [2.45, 2.75) is 59.8 Å². The van der Waals surface area contributed by atoms with E-state index in [2.05, 4.69) is 124 Å². The van der Waals surface area contributed by atoms with Gasteiger partial charge in [0.15, 0.2) is 11.0 Å². The van der Waals surface area contributed by atoms with Crippen LogP contribution in [0, 0.1) is 13.8 Å². The predicted molar refractivity (Wildman–Crippen MR) is 154 cm³/mol. The van der Waals surface area contributed by atoms with Crippen molar-refractivity contribution in [1.82, 2.24) is 9.55 Å². The van der Waals surface area contributed by atoms with Crippen LogP contribution in [0.1, 0.15) is 73.2 Å². The first-order valence-electron chi connectivity index (χ1n) is 13.5. The SMILES string of the molecule is Cc1ccc2c(n1)Cc1c-2ccc2c1[n+](C)c(-c1ccccc1C)n2-c1c(C(C)C)cccc1C(C)C. The van der Waals surface area contributed by atoms with Gasteiger partial charge >= 0.3 is 0 Å². The summed E-state index contributed by atoms with van der Waals surface area (Å²) in [6.45, 7) is 13.5. The molecule has 1 aliphatic carbocycles. The topological polar surface area (TPSA) is 21.7 Å². The van der Waals surface area contributed by atoms with Crippen molar-refractivity contribution in [3.05, 3.63) is 100 Å². The van der Waals surface area contributed by atoms with Crippen LogP contribution in [0.25, 0.3) is 39.2 Å². The van der Waals surface area contributed by atoms with Crippen LogP contribution in [0.4, 0.5) is 0 Å². The van der Waals surface area contributed by atoms with Gasteiger partial charge in [-0.2, -0.15) is 4.57 Å². The molecule has 0 unspecified atom stereocenters. The maximum absolute atomic E-state index is 4.92. The number of fused-ring (bicyclic) bond motifs is 5. The molecule has 0 bridgehead atoms. The maximum Gasteiger partial charge on any atom is 0.295 e. The monoisotopic (exact) mass is 486 g/mol. The molecule has 0 radical (unpaired) electrons. The predicted octanol–water partition coefficient (Wildman–Crippen LogP) is 7.95. The van der Waals surface area contributed by atoms with Gasteiger partial charge in [-0.1, -0.05) is 70.2 Å². The standard InChI is InChI=1S/C34H36N3/c1-20(2)24-13-10-14-25(21(3)4)32(24)37-31-18-17-27-28-16-15-23(6)35-30(28)19-29(27)33(31)36(7)34(37)26-12-9-8-11-22(26)5/h8-18,20-21H,19H2,1-7H3/q+1. The van der Waals surface area contributed by atoms with E-state index < -0.39 is 0 Å². The van der Waals surface area contributed by atoms with Crippen LogP contribution >= 0.6 is 0 Å². The summed E-state index contributed by atoms with van der Waals surface area (Å²) in [7, 11) is 2.25. The summed E-state index contributed by atoms with van der Waals surface area (Å²) in [5.41, 5.74) is 15.5. The van der Waals surface area contributed by atoms with Gasteiger partial charge in [0.1, 0.15) is 5.69 Å². The van der Waals surface area contributed by atoms with Crippen LogP contribution < -0.4 is 4.57 Å². The van der Waals surface area contributed by atoms with Gasteiger partial charge in [-0.15, -0.1) is 0 Å². The summed E-state index contributed by atoms with van der Waals surface area (Å²) in [5, 5.41) is 0. The molecule has 0 saturated carbocycles. The Hall–Kier alpha value is -3.72. The van der Waals surface area contributed by atoms with E-state index in [4.69, 9.17) is 4.98 Å². The Labute approximate surface area is 220 Å². The number of nitrogens with zero attached hydrogens (tertiary/aromatic N) is 3. The molecular formula is C34H36N3+. The molecule has 6 rings (SSSR count). The Morgan fingerprint density at radius 2 is 1.43 bits per heavy atom. The van der Waals surface area contributed by atoms with Crippen molar-refractivity contribution < 1.29 is 4.57 Å². The lowest BCUT2D eigenvalue weighted by Crippen LogP contribution is -2.31. The van der Waals surface area contributed by atoms with E-state index in [1.165, 1.54) is 67.2 Å². The number of rotatable bonds is 4. The van der Waals surface area contributed by atoms with Gasteiger partial charge in [0.05, 0.1) is 18.3 Å². The summed E-state index contributed by atoms with van der Waals surface area (Å²) < 4.78 is 5.00. The molecule has 1 aliphatic rings. The highest BCUT2D eigenvalue weighted by atomic mass is 15.2. The van der Waals surface area contributed by atoms with E-state index in [9.17, 15) is 0 Å². The number of aromatic nitrogens is 3. The minimum Gasteiger partial charge on any atom is -0.257 e. The zero-order valence-corrected chi connectivity index (χ0v) is 23.1. The van der Waals surface area contributed by atoms with Gasteiger partial charge in [-0.3, -0.25) is 4.98 Å². The molecule has 3 heteroatoms. The fraction of sp³-hybridized carbons (Fsp3) is 0.294. The minimum absolute atomic E-state index is 0.409. The molecular weight excluding hydrogens is 450 g/mol. The van der Waals surface area contributed by atoms with Crippen LogP contribution in [-0.2, 0) is 13.5 Å². The van der Waals surface area contributed by atoms with Crippen LogP contribution in [0.3, 0.4) is 0 Å². The second-order valence-electron chi connectivity index (χ2n) is 11.2. The number of hydrogen-bond donors (Lipinski definition) is 0. The van der Waals surface area contributed by atoms with E-state index in [1.807, 2.05) is 0 Å². The quantitative estimate of drug-likeness (QED) is 0.232. The molecule has 0 atom stereocenters. The molecule has 0 amide bonds. The molecule has 3 nitrogen and oxygen atoms in total. The average molecular weight is 487 g/mol. The molecule has 5 aromatic rings. The van der Waals surface area contributed by atoms with Crippen molar-refractivity contribution in [3.8, 4) is 28.2 Å². The normalized spacial score (nSPS) is 12.6. The van der Waals surface area contributed by atoms with Crippen LogP contribution in [0.15, 0.2) is 66.7 Å². The molecule has 0 N–H and O–H groups in total. The minimum atomic E-state index is 0.409. The van der Waals surface area contributed by atoms with Gasteiger partial charge in [0.2, 0.25) is 0 Å². The molecule has 3 aromatic carbocycles. The Morgan fingerprint density at radius 1 is 0.757 bits per heavy atom. The first-order valence-corrected chi connectivity index (χ1v) is 13.5. The van der Waals surface area contributed by atoms with E-state index in [0.717, 1.165) is 12.1 Å². The molecule has 0 aliphatic heterocycles. The highest BCUT2D eigenvalue weighted by Crippen LogP contribution is 2.42. The molecule has 0 saturated heterocycles. The van der Waals surface area contributed by atoms with E-state index in [1.54, 1.807) is 0 Å². The largest absolute Gasteiger partial charge is 0.295 e. The maximum atomic E-state index is 4.92. The first-order chi connectivity index (χ1) is 17.8. The highest BCUT2D eigenvalue weighted by Gasteiger charge is 2.35. The van der Waals surface area contributed by atoms with Crippen molar-refractivity contribution in [1.29, 1.82) is 0 Å². The summed E-state index contributed by atoms with van der Waals surface area (Å²) in [5.74, 6) is 2.05. The molecule has 0 fully saturated rings. The number of aryl methyl sites for hydroxylation is 3. The average Bonchev–Trinajstić information content (AvgIpc) is 3.37. The first kappa shape index (κ1) is 23.7. The third kappa shape index (κ3) is 3.55. The fourth-order valence-electron chi connectivity index (χ4n) is 6.26.